The number of hydrogen-bond acceptors (Lipinski definition) is 5. The number of aryl methyl sites for hydroxylation is 1. The van der Waals surface area contributed by atoms with Gasteiger partial charge in [0.05, 0.1) is 0 Å². The summed E-state index contributed by atoms with van der Waals surface area (Å²) in [5.74, 6) is 1.08. The summed E-state index contributed by atoms with van der Waals surface area (Å²) in [6, 6.07) is 8.31. The fourth-order valence-electron chi connectivity index (χ4n) is 2.31. The lowest BCUT2D eigenvalue weighted by Crippen LogP contribution is -2.26. The average molecular weight is 276 g/mol. The van der Waals surface area contributed by atoms with Gasteiger partial charge in [-0.3, -0.25) is 0 Å². The van der Waals surface area contributed by atoms with E-state index in [1.807, 2.05) is 6.07 Å². The molecule has 0 saturated heterocycles. The van der Waals surface area contributed by atoms with Crippen molar-refractivity contribution < 1.29 is 0 Å². The van der Waals surface area contributed by atoms with E-state index in [4.69, 9.17) is 11.6 Å². The minimum atomic E-state index is 0.206. The van der Waals surface area contributed by atoms with Gasteiger partial charge in [0.25, 0.3) is 0 Å². The molecule has 0 amide bonds. The molecule has 1 N–H and O–H groups in total. The summed E-state index contributed by atoms with van der Waals surface area (Å²) >= 11 is 5.95. The van der Waals surface area contributed by atoms with Gasteiger partial charge in [0.15, 0.2) is 0 Å². The lowest BCUT2D eigenvalue weighted by atomic mass is 10.0. The van der Waals surface area contributed by atoms with Crippen LogP contribution < -0.4 is 10.2 Å². The van der Waals surface area contributed by atoms with Crippen molar-refractivity contribution in [1.29, 1.82) is 0 Å². The molecule has 98 valence electrons. The molecule has 1 aromatic carbocycles. The van der Waals surface area contributed by atoms with Crippen LogP contribution in [0.5, 0.6) is 0 Å². The molecule has 0 aliphatic carbocycles. The lowest BCUT2D eigenvalue weighted by Gasteiger charge is -2.29. The Morgan fingerprint density at radius 3 is 2.89 bits per heavy atom. The highest BCUT2D eigenvalue weighted by Crippen LogP contribution is 2.31. The van der Waals surface area contributed by atoms with E-state index in [2.05, 4.69) is 43.4 Å². The number of anilines is 3. The summed E-state index contributed by atoms with van der Waals surface area (Å²) in [4.78, 5) is 14.7. The summed E-state index contributed by atoms with van der Waals surface area (Å²) < 4.78 is 0. The van der Waals surface area contributed by atoms with Gasteiger partial charge < -0.3 is 10.2 Å². The smallest absolute Gasteiger partial charge is 0.236 e. The van der Waals surface area contributed by atoms with Crippen LogP contribution in [0.4, 0.5) is 17.6 Å². The molecule has 0 radical (unpaired) electrons. The van der Waals surface area contributed by atoms with Gasteiger partial charge in [-0.05, 0) is 36.1 Å². The maximum absolute atomic E-state index is 5.95. The first kappa shape index (κ1) is 12.2. The maximum atomic E-state index is 5.95. The summed E-state index contributed by atoms with van der Waals surface area (Å²) in [5.41, 5.74) is 2.47. The molecule has 0 bridgehead atoms. The van der Waals surface area contributed by atoms with Crippen LogP contribution in [0.2, 0.25) is 5.28 Å². The third-order valence-corrected chi connectivity index (χ3v) is 3.34. The Hall–Kier alpha value is -1.88. The van der Waals surface area contributed by atoms with Gasteiger partial charge in [0.2, 0.25) is 17.2 Å². The quantitative estimate of drug-likeness (QED) is 0.913. The molecular formula is C13H14ClN5. The highest BCUT2D eigenvalue weighted by molar-refractivity contribution is 6.28. The molecule has 0 atom stereocenters. The van der Waals surface area contributed by atoms with E-state index < -0.39 is 0 Å². The van der Waals surface area contributed by atoms with Crippen LogP contribution in [-0.2, 0) is 6.42 Å². The molecule has 5 nitrogen and oxygen atoms in total. The molecule has 1 aromatic heterocycles. The van der Waals surface area contributed by atoms with Gasteiger partial charge in [-0.15, -0.1) is 0 Å². The van der Waals surface area contributed by atoms with Crippen LogP contribution >= 0.6 is 11.6 Å². The number of halogens is 1. The van der Waals surface area contributed by atoms with E-state index in [9.17, 15) is 0 Å². The number of nitrogens with zero attached hydrogens (tertiary/aromatic N) is 4. The summed E-state index contributed by atoms with van der Waals surface area (Å²) in [6.45, 7) is 0.889. The zero-order chi connectivity index (χ0) is 13.2. The van der Waals surface area contributed by atoms with Crippen LogP contribution in [0.3, 0.4) is 0 Å². The Labute approximate surface area is 116 Å². The fraction of sp³-hybridized carbons (Fsp3) is 0.308. The van der Waals surface area contributed by atoms with Crippen LogP contribution in [-0.4, -0.2) is 28.5 Å². The van der Waals surface area contributed by atoms with E-state index in [0.717, 1.165) is 25.1 Å². The zero-order valence-electron chi connectivity index (χ0n) is 10.6. The van der Waals surface area contributed by atoms with Crippen LogP contribution in [0, 0.1) is 0 Å². The van der Waals surface area contributed by atoms with Gasteiger partial charge in [-0.25, -0.2) is 0 Å². The number of aromatic nitrogens is 3. The minimum absolute atomic E-state index is 0.206. The summed E-state index contributed by atoms with van der Waals surface area (Å²) in [7, 11) is 1.76. The van der Waals surface area contributed by atoms with Crippen molar-refractivity contribution in [2.24, 2.45) is 0 Å². The molecule has 2 aromatic rings. The van der Waals surface area contributed by atoms with Crippen molar-refractivity contribution >= 4 is 29.2 Å². The number of fused-ring (bicyclic) bond motifs is 1. The normalized spacial score (nSPS) is 14.1. The second-order valence-electron chi connectivity index (χ2n) is 4.36. The molecule has 1 aliphatic rings. The Bertz CT molecular complexity index is 601. The molecule has 19 heavy (non-hydrogen) atoms. The number of benzene rings is 1. The minimum Gasteiger partial charge on any atom is -0.357 e. The molecule has 6 heteroatoms. The standard InChI is InChI=1S/C13H14ClN5/c1-15-12-16-11(14)17-13(18-12)19-8-4-6-9-5-2-3-7-10(9)19/h2-3,5,7H,4,6,8H2,1H3,(H,15,16,17,18). The van der Waals surface area contributed by atoms with E-state index in [1.54, 1.807) is 7.05 Å². The molecule has 3 rings (SSSR count). The largest absolute Gasteiger partial charge is 0.357 e. The molecule has 0 saturated carbocycles. The van der Waals surface area contributed by atoms with Crippen LogP contribution in [0.1, 0.15) is 12.0 Å². The second kappa shape index (κ2) is 5.01. The summed E-state index contributed by atoms with van der Waals surface area (Å²) in [6.07, 6.45) is 2.17. The Morgan fingerprint density at radius 1 is 1.21 bits per heavy atom. The average Bonchev–Trinajstić information content (AvgIpc) is 2.46. The molecule has 0 fully saturated rings. The third kappa shape index (κ3) is 2.33. The van der Waals surface area contributed by atoms with Crippen molar-refractivity contribution in [2.75, 3.05) is 23.8 Å². The predicted molar refractivity (Wildman–Crippen MR) is 76.2 cm³/mol. The van der Waals surface area contributed by atoms with E-state index in [-0.39, 0.29) is 5.28 Å². The third-order valence-electron chi connectivity index (χ3n) is 3.17. The zero-order valence-corrected chi connectivity index (χ0v) is 11.4. The maximum Gasteiger partial charge on any atom is 0.236 e. The number of nitrogens with one attached hydrogen (secondary N) is 1. The number of para-hydroxylation sites is 1. The van der Waals surface area contributed by atoms with Crippen molar-refractivity contribution in [3.63, 3.8) is 0 Å². The van der Waals surface area contributed by atoms with Crippen LogP contribution in [0.25, 0.3) is 0 Å². The van der Waals surface area contributed by atoms with Crippen molar-refractivity contribution in [3.8, 4) is 0 Å². The van der Waals surface area contributed by atoms with Crippen molar-refractivity contribution in [2.45, 2.75) is 12.8 Å². The van der Waals surface area contributed by atoms with Crippen LogP contribution in [0.15, 0.2) is 24.3 Å². The van der Waals surface area contributed by atoms with Gasteiger partial charge in [0.1, 0.15) is 0 Å². The SMILES string of the molecule is CNc1nc(Cl)nc(N2CCCc3ccccc32)n1. The molecule has 1 aliphatic heterocycles. The molecule has 2 heterocycles. The molecule has 0 unspecified atom stereocenters. The monoisotopic (exact) mass is 275 g/mol. The number of rotatable bonds is 2. The first-order valence-corrected chi connectivity index (χ1v) is 6.60. The Kier molecular flexibility index (Phi) is 3.21. The van der Waals surface area contributed by atoms with E-state index in [1.165, 1.54) is 5.56 Å². The lowest BCUT2D eigenvalue weighted by molar-refractivity contribution is 0.748. The Balaban J connectivity index is 2.06. The van der Waals surface area contributed by atoms with Crippen molar-refractivity contribution in [1.82, 2.24) is 15.0 Å². The second-order valence-corrected chi connectivity index (χ2v) is 4.70. The molecular weight excluding hydrogens is 262 g/mol. The van der Waals surface area contributed by atoms with Gasteiger partial charge >= 0.3 is 0 Å². The van der Waals surface area contributed by atoms with Gasteiger partial charge in [0, 0.05) is 19.3 Å². The predicted octanol–water partition coefficient (Wildman–Crippen LogP) is 2.65. The Morgan fingerprint density at radius 2 is 2.05 bits per heavy atom. The van der Waals surface area contributed by atoms with Gasteiger partial charge in [-0.1, -0.05) is 18.2 Å². The highest BCUT2D eigenvalue weighted by Gasteiger charge is 2.20. The topological polar surface area (TPSA) is 53.9 Å². The first-order valence-electron chi connectivity index (χ1n) is 6.22. The summed E-state index contributed by atoms with van der Waals surface area (Å²) in [5, 5.41) is 3.10. The van der Waals surface area contributed by atoms with E-state index in [0.29, 0.717) is 11.9 Å². The molecule has 0 spiro atoms. The van der Waals surface area contributed by atoms with Gasteiger partial charge in [-0.2, -0.15) is 15.0 Å². The fourth-order valence-corrected chi connectivity index (χ4v) is 2.47. The highest BCUT2D eigenvalue weighted by atomic mass is 35.5. The first-order chi connectivity index (χ1) is 9.28. The number of hydrogen-bond donors (Lipinski definition) is 1. The van der Waals surface area contributed by atoms with Crippen molar-refractivity contribution in [3.05, 3.63) is 35.1 Å². The van der Waals surface area contributed by atoms with E-state index >= 15 is 0 Å².